The zero-order valence-corrected chi connectivity index (χ0v) is 16.7. The lowest BCUT2D eigenvalue weighted by atomic mass is 10.1. The summed E-state index contributed by atoms with van der Waals surface area (Å²) in [6, 6.07) is 12.3. The quantitative estimate of drug-likeness (QED) is 0.252. The van der Waals surface area contributed by atoms with Gasteiger partial charge < -0.3 is 10.1 Å². The minimum absolute atomic E-state index is 0.0276. The van der Waals surface area contributed by atoms with Gasteiger partial charge in [0.15, 0.2) is 0 Å². The fraction of sp³-hybridized carbons (Fsp3) is 0.0556. The zero-order chi connectivity index (χ0) is 20.9. The number of nitro groups is 1. The molecule has 3 aromatic heterocycles. The normalized spacial score (nSPS) is 10.6. The van der Waals surface area contributed by atoms with E-state index in [1.165, 1.54) is 23.9 Å². The van der Waals surface area contributed by atoms with E-state index in [2.05, 4.69) is 29.9 Å². The Morgan fingerprint density at radius 3 is 2.70 bits per heavy atom. The van der Waals surface area contributed by atoms with Gasteiger partial charge in [0.1, 0.15) is 17.2 Å². The summed E-state index contributed by atoms with van der Waals surface area (Å²) < 4.78 is 9.31. The second-order valence-electron chi connectivity index (χ2n) is 5.87. The number of ether oxygens (including phenoxy) is 1. The minimum atomic E-state index is -0.611. The van der Waals surface area contributed by atoms with Crippen LogP contribution in [0.1, 0.15) is 5.56 Å². The molecule has 3 heterocycles. The second kappa shape index (κ2) is 8.76. The number of pyridine rings is 1. The second-order valence-corrected chi connectivity index (χ2v) is 6.87. The molecule has 4 aromatic rings. The summed E-state index contributed by atoms with van der Waals surface area (Å²) in [5.41, 5.74) is 2.23. The highest BCUT2D eigenvalue weighted by molar-refractivity contribution is 7.03. The Kier molecular flexibility index (Phi) is 5.72. The van der Waals surface area contributed by atoms with E-state index in [1.807, 2.05) is 29.6 Å². The molecular formula is C18H12ClN7O3S. The zero-order valence-electron chi connectivity index (χ0n) is 15.1. The van der Waals surface area contributed by atoms with Crippen molar-refractivity contribution in [1.82, 2.24) is 24.5 Å². The molecule has 0 saturated heterocycles. The number of hydrogen-bond donors (Lipinski definition) is 1. The third-order valence-electron chi connectivity index (χ3n) is 3.93. The van der Waals surface area contributed by atoms with Gasteiger partial charge in [-0.1, -0.05) is 46.4 Å². The molecule has 0 saturated carbocycles. The molecule has 30 heavy (non-hydrogen) atoms. The molecule has 0 aliphatic heterocycles. The Bertz CT molecular complexity index is 1170. The molecule has 0 aliphatic rings. The highest BCUT2D eigenvalue weighted by atomic mass is 35.5. The lowest BCUT2D eigenvalue weighted by molar-refractivity contribution is -0.385. The molecule has 4 rings (SSSR count). The van der Waals surface area contributed by atoms with Gasteiger partial charge in [0.25, 0.3) is 0 Å². The van der Waals surface area contributed by atoms with E-state index in [1.54, 1.807) is 12.1 Å². The molecule has 150 valence electrons. The van der Waals surface area contributed by atoms with Gasteiger partial charge in [-0.05, 0) is 23.2 Å². The predicted octanol–water partition coefficient (Wildman–Crippen LogP) is 4.36. The highest BCUT2D eigenvalue weighted by Gasteiger charge is 2.25. The fourth-order valence-electron chi connectivity index (χ4n) is 2.55. The summed E-state index contributed by atoms with van der Waals surface area (Å²) in [5.74, 6) is -0.124. The maximum absolute atomic E-state index is 11.6. The number of hydrogen-bond acceptors (Lipinski definition) is 10. The number of aromatic nitrogens is 5. The fourth-order valence-corrected chi connectivity index (χ4v) is 3.17. The van der Waals surface area contributed by atoms with Crippen LogP contribution >= 0.6 is 23.1 Å². The van der Waals surface area contributed by atoms with Gasteiger partial charge in [-0.3, -0.25) is 10.1 Å². The standard InChI is InChI=1S/C18H12ClN7O3S/c19-14-2-1-3-15(23-14)29-18-16(26(27)28)17(21-10-22-18)20-8-11-4-6-12(7-5-11)13-9-30-25-24-13/h1-7,9-10H,8H2,(H,20,21,22). The summed E-state index contributed by atoms with van der Waals surface area (Å²) in [4.78, 5) is 22.8. The number of nitrogens with one attached hydrogen (secondary N) is 1. The molecule has 1 N–H and O–H groups in total. The van der Waals surface area contributed by atoms with Crippen molar-refractivity contribution in [3.8, 4) is 23.0 Å². The number of halogens is 1. The van der Waals surface area contributed by atoms with Crippen LogP contribution < -0.4 is 10.1 Å². The summed E-state index contributed by atoms with van der Waals surface area (Å²) in [5, 5.41) is 20.7. The van der Waals surface area contributed by atoms with Crippen molar-refractivity contribution in [2.45, 2.75) is 6.54 Å². The van der Waals surface area contributed by atoms with E-state index in [-0.39, 0.29) is 22.7 Å². The van der Waals surface area contributed by atoms with E-state index in [0.29, 0.717) is 6.54 Å². The Hall–Kier alpha value is -3.70. The number of nitrogens with zero attached hydrogens (tertiary/aromatic N) is 6. The molecular weight excluding hydrogens is 430 g/mol. The van der Waals surface area contributed by atoms with Crippen LogP contribution in [-0.4, -0.2) is 29.5 Å². The summed E-state index contributed by atoms with van der Waals surface area (Å²) >= 11 is 7.11. The van der Waals surface area contributed by atoms with E-state index in [0.717, 1.165) is 16.8 Å². The predicted molar refractivity (Wildman–Crippen MR) is 111 cm³/mol. The molecule has 0 radical (unpaired) electrons. The molecule has 1 aromatic carbocycles. The van der Waals surface area contributed by atoms with Crippen LogP contribution in [0.4, 0.5) is 11.5 Å². The number of rotatable bonds is 7. The van der Waals surface area contributed by atoms with Crippen LogP contribution in [-0.2, 0) is 6.54 Å². The molecule has 0 bridgehead atoms. The molecule has 10 nitrogen and oxygen atoms in total. The first-order chi connectivity index (χ1) is 14.6. The van der Waals surface area contributed by atoms with Gasteiger partial charge >= 0.3 is 11.6 Å². The van der Waals surface area contributed by atoms with Crippen LogP contribution in [0.3, 0.4) is 0 Å². The largest absolute Gasteiger partial charge is 0.414 e. The average Bonchev–Trinajstić information content (AvgIpc) is 3.27. The Morgan fingerprint density at radius 1 is 1.17 bits per heavy atom. The van der Waals surface area contributed by atoms with E-state index >= 15 is 0 Å². The molecule has 0 unspecified atom stereocenters. The maximum Gasteiger partial charge on any atom is 0.373 e. The Balaban J connectivity index is 1.53. The van der Waals surface area contributed by atoms with Crippen LogP contribution in [0.2, 0.25) is 5.15 Å². The third-order valence-corrected chi connectivity index (χ3v) is 4.65. The van der Waals surface area contributed by atoms with Crippen LogP contribution in [0, 0.1) is 10.1 Å². The number of anilines is 1. The van der Waals surface area contributed by atoms with Crippen molar-refractivity contribution in [1.29, 1.82) is 0 Å². The van der Waals surface area contributed by atoms with Gasteiger partial charge in [-0.15, -0.1) is 5.10 Å². The number of benzene rings is 1. The topological polar surface area (TPSA) is 129 Å². The van der Waals surface area contributed by atoms with E-state index in [4.69, 9.17) is 16.3 Å². The Labute approximate surface area is 178 Å². The van der Waals surface area contributed by atoms with Gasteiger partial charge in [0.05, 0.1) is 4.92 Å². The third kappa shape index (κ3) is 4.47. The molecule has 0 fully saturated rings. The Morgan fingerprint density at radius 2 is 2.00 bits per heavy atom. The van der Waals surface area contributed by atoms with Crippen molar-refractivity contribution in [2.24, 2.45) is 0 Å². The maximum atomic E-state index is 11.6. The average molecular weight is 442 g/mol. The molecule has 0 spiro atoms. The first-order valence-electron chi connectivity index (χ1n) is 8.50. The van der Waals surface area contributed by atoms with Gasteiger partial charge in [0, 0.05) is 23.6 Å². The smallest absolute Gasteiger partial charge is 0.373 e. The van der Waals surface area contributed by atoms with E-state index in [9.17, 15) is 10.1 Å². The van der Waals surface area contributed by atoms with Crippen molar-refractivity contribution < 1.29 is 9.66 Å². The first-order valence-corrected chi connectivity index (χ1v) is 9.71. The lowest BCUT2D eigenvalue weighted by Gasteiger charge is -2.09. The highest BCUT2D eigenvalue weighted by Crippen LogP contribution is 2.34. The van der Waals surface area contributed by atoms with Gasteiger partial charge in [-0.2, -0.15) is 4.98 Å². The van der Waals surface area contributed by atoms with Crippen LogP contribution in [0.25, 0.3) is 11.3 Å². The molecule has 0 amide bonds. The summed E-state index contributed by atoms with van der Waals surface area (Å²) in [6.45, 7) is 0.308. The minimum Gasteiger partial charge on any atom is -0.414 e. The summed E-state index contributed by atoms with van der Waals surface area (Å²) in [7, 11) is 0. The molecule has 0 atom stereocenters. The van der Waals surface area contributed by atoms with Crippen molar-refractivity contribution >= 4 is 34.6 Å². The molecule has 12 heteroatoms. The SMILES string of the molecule is O=[N+]([O-])c1c(NCc2ccc(-c3csnn3)cc2)ncnc1Oc1cccc(Cl)n1. The van der Waals surface area contributed by atoms with E-state index < -0.39 is 10.6 Å². The summed E-state index contributed by atoms with van der Waals surface area (Å²) in [6.07, 6.45) is 1.17. The lowest BCUT2D eigenvalue weighted by Crippen LogP contribution is -2.07. The van der Waals surface area contributed by atoms with Crippen molar-refractivity contribution in [2.75, 3.05) is 5.32 Å². The van der Waals surface area contributed by atoms with Crippen LogP contribution in [0.5, 0.6) is 11.8 Å². The van der Waals surface area contributed by atoms with Gasteiger partial charge in [0.2, 0.25) is 11.7 Å². The van der Waals surface area contributed by atoms with Gasteiger partial charge in [-0.25, -0.2) is 9.97 Å². The molecule has 0 aliphatic carbocycles. The monoisotopic (exact) mass is 441 g/mol. The van der Waals surface area contributed by atoms with Crippen LogP contribution in [0.15, 0.2) is 54.2 Å². The van der Waals surface area contributed by atoms with Crippen molar-refractivity contribution in [3.63, 3.8) is 0 Å². The first kappa shape index (κ1) is 19.6. The van der Waals surface area contributed by atoms with Crippen molar-refractivity contribution in [3.05, 3.63) is 75.0 Å².